The second-order valence-corrected chi connectivity index (χ2v) is 11.2. The Balaban J connectivity index is 1.63. The number of fused-ring (bicyclic) bond motifs is 1. The molecule has 0 saturated carbocycles. The topological polar surface area (TPSA) is 247 Å². The van der Waals surface area contributed by atoms with Crippen molar-refractivity contribution in [2.45, 2.75) is 62.9 Å². The lowest BCUT2D eigenvalue weighted by molar-refractivity contribution is -0.155. The van der Waals surface area contributed by atoms with Crippen molar-refractivity contribution in [2.75, 3.05) is 5.73 Å². The number of amides is 1. The molecule has 1 amide bonds. The van der Waals surface area contributed by atoms with Crippen LogP contribution in [0.5, 0.6) is 5.75 Å². The van der Waals surface area contributed by atoms with Crippen LogP contribution >= 0.6 is 7.75 Å². The Morgan fingerprint density at radius 2 is 1.90 bits per heavy atom. The lowest BCUT2D eigenvalue weighted by Gasteiger charge is -2.33. The standard InChI is InChI=1S/C25H30N7O9P/c1-13(24(36)38-14(2)23(28)35)31-42(37,41-16-7-5-4-6-8-16)40-15(3)25(11-26)21(34)19(33)20(39-25)17-9-10-18-22(27)29-12-30-32(17)18/h4-10,12-15,19-21,33-34H,1-3H3,(H2,28,35)(H,31,37)(H2,27,29,30)/t13-,14-,15?,19-,20-,21-,25+,42?/m0/s1. The fourth-order valence-corrected chi connectivity index (χ4v) is 6.03. The highest BCUT2D eigenvalue weighted by Crippen LogP contribution is 2.51. The van der Waals surface area contributed by atoms with Crippen molar-refractivity contribution in [3.63, 3.8) is 0 Å². The van der Waals surface area contributed by atoms with E-state index >= 15 is 0 Å². The van der Waals surface area contributed by atoms with Gasteiger partial charge in [-0.25, -0.2) is 14.1 Å². The van der Waals surface area contributed by atoms with E-state index in [1.54, 1.807) is 24.3 Å². The molecule has 0 radical (unpaired) electrons. The SMILES string of the molecule is CC(OP(=O)(N[C@@H](C)C(=O)O[C@@H](C)C(N)=O)Oc1ccccc1)[C@@]1(C#N)O[C@@H](c2ccc3c(N)ncnn23)[C@H](O)[C@@H]1O. The summed E-state index contributed by atoms with van der Waals surface area (Å²) in [5, 5.41) is 38.8. The molecule has 1 fully saturated rings. The zero-order chi connectivity index (χ0) is 30.8. The number of para-hydroxylation sites is 1. The normalized spacial score (nSPS) is 25.6. The monoisotopic (exact) mass is 603 g/mol. The number of nitrogens with two attached hydrogens (primary N) is 2. The summed E-state index contributed by atoms with van der Waals surface area (Å²) in [5.41, 5.74) is 9.39. The molecule has 7 N–H and O–H groups in total. The van der Waals surface area contributed by atoms with E-state index in [-0.39, 0.29) is 17.3 Å². The maximum Gasteiger partial charge on any atom is 0.459 e. The van der Waals surface area contributed by atoms with Gasteiger partial charge in [-0.3, -0.25) is 14.1 Å². The lowest BCUT2D eigenvalue weighted by atomic mass is 9.91. The molecule has 3 heterocycles. The summed E-state index contributed by atoms with van der Waals surface area (Å²) in [6.07, 6.45) is -6.45. The molecule has 16 nitrogen and oxygen atoms in total. The molecule has 0 spiro atoms. The zero-order valence-electron chi connectivity index (χ0n) is 22.7. The number of benzene rings is 1. The third-order valence-corrected chi connectivity index (χ3v) is 8.39. The molecule has 1 aliphatic heterocycles. The molecule has 0 bridgehead atoms. The predicted octanol–water partition coefficient (Wildman–Crippen LogP) is 0.354. The van der Waals surface area contributed by atoms with Gasteiger partial charge in [-0.05, 0) is 45.0 Å². The van der Waals surface area contributed by atoms with E-state index in [4.69, 9.17) is 30.0 Å². The van der Waals surface area contributed by atoms with Gasteiger partial charge in [0.05, 0.1) is 5.69 Å². The van der Waals surface area contributed by atoms with Crippen LogP contribution in [0.4, 0.5) is 5.82 Å². The summed E-state index contributed by atoms with van der Waals surface area (Å²) in [7, 11) is -4.59. The maximum atomic E-state index is 14.1. The smallest absolute Gasteiger partial charge is 0.451 e. The van der Waals surface area contributed by atoms with Crippen molar-refractivity contribution in [2.24, 2.45) is 5.73 Å². The highest BCUT2D eigenvalue weighted by Gasteiger charge is 2.60. The Hall–Kier alpha value is -4.10. The third kappa shape index (κ3) is 5.93. The first kappa shape index (κ1) is 30.8. The Bertz CT molecular complexity index is 1550. The number of nitrogen functional groups attached to an aromatic ring is 1. The first-order valence-corrected chi connectivity index (χ1v) is 14.2. The molecule has 1 aromatic carbocycles. The van der Waals surface area contributed by atoms with E-state index in [1.165, 1.54) is 49.8 Å². The highest BCUT2D eigenvalue weighted by atomic mass is 31.2. The van der Waals surface area contributed by atoms with E-state index in [9.17, 15) is 29.6 Å². The van der Waals surface area contributed by atoms with Crippen molar-refractivity contribution in [3.05, 3.63) is 54.5 Å². The summed E-state index contributed by atoms with van der Waals surface area (Å²) in [6, 6.07) is 11.4. The predicted molar refractivity (Wildman–Crippen MR) is 144 cm³/mol. The molecule has 3 aromatic rings. The fourth-order valence-electron chi connectivity index (χ4n) is 4.32. The number of hydrogen-bond acceptors (Lipinski definition) is 13. The van der Waals surface area contributed by atoms with Crippen LogP contribution in [0.15, 0.2) is 48.8 Å². The summed E-state index contributed by atoms with van der Waals surface area (Å²) < 4.78 is 37.7. The van der Waals surface area contributed by atoms with E-state index < -0.39 is 61.8 Å². The minimum atomic E-state index is -4.59. The molecule has 4 rings (SSSR count). The van der Waals surface area contributed by atoms with Gasteiger partial charge in [0.15, 0.2) is 11.9 Å². The van der Waals surface area contributed by atoms with Gasteiger partial charge in [0.2, 0.25) is 5.60 Å². The van der Waals surface area contributed by atoms with Gasteiger partial charge < -0.3 is 35.7 Å². The molecule has 8 atom stereocenters. The summed E-state index contributed by atoms with van der Waals surface area (Å²) in [5.74, 6) is -1.68. The number of anilines is 1. The number of carbonyl (C=O) groups is 2. The summed E-state index contributed by atoms with van der Waals surface area (Å²) >= 11 is 0. The average Bonchev–Trinajstić information content (AvgIpc) is 3.48. The van der Waals surface area contributed by atoms with E-state index in [0.717, 1.165) is 0 Å². The van der Waals surface area contributed by atoms with Gasteiger partial charge >= 0.3 is 13.7 Å². The number of esters is 1. The molecular formula is C25H30N7O9P. The van der Waals surface area contributed by atoms with Crippen LogP contribution in [-0.2, 0) is 28.2 Å². The maximum absolute atomic E-state index is 14.1. The number of nitrogens with one attached hydrogen (secondary N) is 1. The van der Waals surface area contributed by atoms with E-state index in [2.05, 4.69) is 15.2 Å². The van der Waals surface area contributed by atoms with Gasteiger partial charge in [0, 0.05) is 0 Å². The molecular weight excluding hydrogens is 573 g/mol. The quantitative estimate of drug-likeness (QED) is 0.147. The number of carbonyl (C=O) groups excluding carboxylic acids is 2. The van der Waals surface area contributed by atoms with Gasteiger partial charge in [-0.15, -0.1) is 0 Å². The number of nitriles is 1. The van der Waals surface area contributed by atoms with Gasteiger partial charge in [0.1, 0.15) is 54.1 Å². The summed E-state index contributed by atoms with van der Waals surface area (Å²) in [4.78, 5) is 27.8. The Morgan fingerprint density at radius 1 is 1.21 bits per heavy atom. The van der Waals surface area contributed by atoms with Crippen molar-refractivity contribution >= 4 is 31.0 Å². The van der Waals surface area contributed by atoms with Gasteiger partial charge in [-0.1, -0.05) is 18.2 Å². The molecule has 0 aliphatic carbocycles. The fraction of sp³-hybridized carbons (Fsp3) is 0.400. The van der Waals surface area contributed by atoms with Crippen LogP contribution in [0, 0.1) is 11.3 Å². The minimum Gasteiger partial charge on any atom is -0.451 e. The largest absolute Gasteiger partial charge is 0.459 e. The number of hydrogen-bond donors (Lipinski definition) is 5. The van der Waals surface area contributed by atoms with Gasteiger partial charge in [-0.2, -0.15) is 15.4 Å². The molecule has 42 heavy (non-hydrogen) atoms. The van der Waals surface area contributed by atoms with E-state index in [0.29, 0.717) is 5.52 Å². The average molecular weight is 604 g/mol. The van der Waals surface area contributed by atoms with Crippen LogP contribution < -0.4 is 21.1 Å². The molecule has 224 valence electrons. The number of aliphatic hydroxyl groups is 2. The van der Waals surface area contributed by atoms with Crippen LogP contribution in [0.2, 0.25) is 0 Å². The Kier molecular flexibility index (Phi) is 8.83. The molecule has 1 aliphatic rings. The van der Waals surface area contributed by atoms with Crippen molar-refractivity contribution in [1.29, 1.82) is 5.26 Å². The number of ether oxygens (including phenoxy) is 2. The number of aliphatic hydroxyl groups excluding tert-OH is 2. The molecule has 2 aromatic heterocycles. The van der Waals surface area contributed by atoms with Crippen LogP contribution in [0.1, 0.15) is 32.6 Å². The second-order valence-electron chi connectivity index (χ2n) is 9.56. The Morgan fingerprint density at radius 3 is 2.55 bits per heavy atom. The number of aromatic nitrogens is 3. The lowest BCUT2D eigenvalue weighted by Crippen LogP contribution is -2.51. The van der Waals surface area contributed by atoms with Crippen molar-refractivity contribution in [1.82, 2.24) is 19.7 Å². The van der Waals surface area contributed by atoms with Crippen LogP contribution in [0.25, 0.3) is 5.52 Å². The molecule has 1 saturated heterocycles. The second kappa shape index (κ2) is 12.0. The zero-order valence-corrected chi connectivity index (χ0v) is 23.6. The molecule has 17 heteroatoms. The number of nitrogens with zero attached hydrogens (tertiary/aromatic N) is 4. The van der Waals surface area contributed by atoms with Gasteiger partial charge in [0.25, 0.3) is 5.91 Å². The highest BCUT2D eigenvalue weighted by molar-refractivity contribution is 7.52. The third-order valence-electron chi connectivity index (χ3n) is 6.64. The Labute approximate surface area is 239 Å². The minimum absolute atomic E-state index is 0.0698. The summed E-state index contributed by atoms with van der Waals surface area (Å²) in [6.45, 7) is 3.81. The number of primary amides is 1. The van der Waals surface area contributed by atoms with Crippen LogP contribution in [0.3, 0.4) is 0 Å². The first-order chi connectivity index (χ1) is 19.8. The van der Waals surface area contributed by atoms with Crippen molar-refractivity contribution < 1.29 is 42.9 Å². The first-order valence-electron chi connectivity index (χ1n) is 12.7. The number of rotatable bonds is 11. The van der Waals surface area contributed by atoms with E-state index in [1.807, 2.05) is 6.07 Å². The van der Waals surface area contributed by atoms with Crippen LogP contribution in [-0.4, -0.2) is 72.7 Å². The van der Waals surface area contributed by atoms with Crippen molar-refractivity contribution in [3.8, 4) is 11.8 Å². The molecule has 2 unspecified atom stereocenters.